The van der Waals surface area contributed by atoms with Crippen molar-refractivity contribution < 1.29 is 4.79 Å². The third-order valence-corrected chi connectivity index (χ3v) is 5.44. The fourth-order valence-electron chi connectivity index (χ4n) is 3.48. The predicted octanol–water partition coefficient (Wildman–Crippen LogP) is 1.70. The van der Waals surface area contributed by atoms with Gasteiger partial charge in [-0.25, -0.2) is 4.98 Å². The highest BCUT2D eigenvalue weighted by Gasteiger charge is 2.34. The Morgan fingerprint density at radius 1 is 1.57 bits per heavy atom. The minimum Gasteiger partial charge on any atom is -0.312 e. The van der Waals surface area contributed by atoms with Crippen LogP contribution in [0.4, 0.5) is 5.13 Å². The van der Waals surface area contributed by atoms with Gasteiger partial charge in [-0.2, -0.15) is 0 Å². The maximum absolute atomic E-state index is 11.6. The van der Waals surface area contributed by atoms with Crippen molar-refractivity contribution in [2.45, 2.75) is 39.3 Å². The molecule has 6 heteroatoms. The lowest BCUT2D eigenvalue weighted by Gasteiger charge is -2.24. The molecule has 2 atom stereocenters. The smallest absolute Gasteiger partial charge is 0.225 e. The zero-order valence-electron chi connectivity index (χ0n) is 12.8. The van der Waals surface area contributed by atoms with Gasteiger partial charge in [0.05, 0.1) is 5.69 Å². The Labute approximate surface area is 130 Å². The number of nitrogens with zero attached hydrogens (tertiary/aromatic N) is 3. The Kier molecular flexibility index (Phi) is 4.57. The van der Waals surface area contributed by atoms with Gasteiger partial charge in [0.2, 0.25) is 5.91 Å². The number of aromatic nitrogens is 1. The van der Waals surface area contributed by atoms with Crippen LogP contribution in [-0.4, -0.2) is 48.0 Å². The number of amides is 1. The van der Waals surface area contributed by atoms with Gasteiger partial charge in [-0.3, -0.25) is 14.6 Å². The molecule has 0 saturated carbocycles. The summed E-state index contributed by atoms with van der Waals surface area (Å²) in [4.78, 5) is 20.5. The van der Waals surface area contributed by atoms with Crippen LogP contribution in [0.3, 0.4) is 0 Å². The number of hydrogen-bond donors (Lipinski definition) is 1. The quantitative estimate of drug-likeness (QED) is 0.920. The number of hydrogen-bond acceptors (Lipinski definition) is 5. The number of thiazole rings is 1. The molecule has 0 aliphatic carbocycles. The highest BCUT2D eigenvalue weighted by Crippen LogP contribution is 2.27. The van der Waals surface area contributed by atoms with E-state index in [0.717, 1.165) is 29.8 Å². The number of piperidine rings is 1. The van der Waals surface area contributed by atoms with Gasteiger partial charge in [0.25, 0.3) is 0 Å². The first-order chi connectivity index (χ1) is 10.2. The van der Waals surface area contributed by atoms with E-state index in [0.29, 0.717) is 12.6 Å². The fourth-order valence-corrected chi connectivity index (χ4v) is 4.40. The van der Waals surface area contributed by atoms with Crippen LogP contribution in [0.1, 0.15) is 32.4 Å². The topological polar surface area (TPSA) is 48.5 Å². The molecule has 3 heterocycles. The van der Waals surface area contributed by atoms with E-state index in [1.807, 2.05) is 6.92 Å². The van der Waals surface area contributed by atoms with Crippen LogP contribution >= 0.6 is 11.3 Å². The Morgan fingerprint density at radius 2 is 2.43 bits per heavy atom. The van der Waals surface area contributed by atoms with Crippen LogP contribution in [0.25, 0.3) is 0 Å². The number of likely N-dealkylation sites (tertiary alicyclic amines) is 1. The van der Waals surface area contributed by atoms with Crippen molar-refractivity contribution in [3.8, 4) is 0 Å². The monoisotopic (exact) mass is 308 g/mol. The molecule has 1 aromatic heterocycles. The summed E-state index contributed by atoms with van der Waals surface area (Å²) in [6.45, 7) is 8.64. The molecule has 116 valence electrons. The second kappa shape index (κ2) is 6.42. The lowest BCUT2D eigenvalue weighted by atomic mass is 9.94. The fraction of sp³-hybridized carbons (Fsp3) is 0.733. The van der Waals surface area contributed by atoms with Gasteiger partial charge in [0.1, 0.15) is 0 Å². The summed E-state index contributed by atoms with van der Waals surface area (Å²) in [6, 6.07) is 0.668. The summed E-state index contributed by atoms with van der Waals surface area (Å²) in [5.41, 5.74) is 1.09. The molecule has 0 radical (unpaired) electrons. The lowest BCUT2D eigenvalue weighted by molar-refractivity contribution is -0.116. The van der Waals surface area contributed by atoms with Crippen molar-refractivity contribution in [1.82, 2.24) is 15.2 Å². The van der Waals surface area contributed by atoms with Crippen LogP contribution < -0.4 is 10.2 Å². The molecular weight excluding hydrogens is 284 g/mol. The summed E-state index contributed by atoms with van der Waals surface area (Å²) in [5.74, 6) is 0.871. The Bertz CT molecular complexity index is 490. The zero-order valence-corrected chi connectivity index (χ0v) is 13.7. The number of fused-ring (bicyclic) bond motifs is 1. The van der Waals surface area contributed by atoms with Gasteiger partial charge in [0.15, 0.2) is 5.13 Å². The summed E-state index contributed by atoms with van der Waals surface area (Å²) in [6.07, 6.45) is 2.66. The number of carbonyl (C=O) groups is 1. The average molecular weight is 308 g/mol. The van der Waals surface area contributed by atoms with E-state index in [2.05, 4.69) is 20.6 Å². The maximum Gasteiger partial charge on any atom is 0.225 e. The van der Waals surface area contributed by atoms with Gasteiger partial charge in [-0.15, -0.1) is 11.3 Å². The van der Waals surface area contributed by atoms with Gasteiger partial charge >= 0.3 is 0 Å². The number of nitrogens with one attached hydrogen (secondary N) is 1. The van der Waals surface area contributed by atoms with E-state index >= 15 is 0 Å². The second-order valence-electron chi connectivity index (χ2n) is 6.04. The standard InChI is InChI=1S/C15H24N4OS/c1-3-19(11(2)20)15-17-13(10-21-15)8-18-7-12-5-4-6-16-14(12)9-18/h10,12,14,16H,3-9H2,1-2H3. The third kappa shape index (κ3) is 3.27. The first-order valence-corrected chi connectivity index (χ1v) is 8.73. The molecular formula is C15H24N4OS. The molecule has 2 saturated heterocycles. The molecule has 5 nitrogen and oxygen atoms in total. The molecule has 2 unspecified atom stereocenters. The highest BCUT2D eigenvalue weighted by atomic mass is 32.1. The minimum atomic E-state index is 0.0646. The molecule has 1 N–H and O–H groups in total. The predicted molar refractivity (Wildman–Crippen MR) is 85.6 cm³/mol. The Balaban J connectivity index is 1.61. The summed E-state index contributed by atoms with van der Waals surface area (Å²) >= 11 is 1.57. The average Bonchev–Trinajstić information content (AvgIpc) is 3.06. The van der Waals surface area contributed by atoms with E-state index in [1.54, 1.807) is 23.2 Å². The first-order valence-electron chi connectivity index (χ1n) is 7.85. The van der Waals surface area contributed by atoms with Crippen LogP contribution in [0, 0.1) is 5.92 Å². The molecule has 21 heavy (non-hydrogen) atoms. The lowest BCUT2D eigenvalue weighted by Crippen LogP contribution is -2.40. The zero-order chi connectivity index (χ0) is 14.8. The molecule has 0 spiro atoms. The molecule has 3 rings (SSSR count). The molecule has 0 aromatic carbocycles. The Morgan fingerprint density at radius 3 is 3.14 bits per heavy atom. The van der Waals surface area contributed by atoms with Crippen molar-refractivity contribution in [2.75, 3.05) is 31.1 Å². The number of carbonyl (C=O) groups excluding carboxylic acids is 1. The van der Waals surface area contributed by atoms with Crippen molar-refractivity contribution in [3.05, 3.63) is 11.1 Å². The van der Waals surface area contributed by atoms with E-state index in [9.17, 15) is 4.79 Å². The van der Waals surface area contributed by atoms with Crippen molar-refractivity contribution in [2.24, 2.45) is 5.92 Å². The van der Waals surface area contributed by atoms with Crippen LogP contribution in [0.2, 0.25) is 0 Å². The van der Waals surface area contributed by atoms with Crippen LogP contribution in [0.15, 0.2) is 5.38 Å². The third-order valence-electron chi connectivity index (χ3n) is 4.53. The van der Waals surface area contributed by atoms with Gasteiger partial charge in [-0.05, 0) is 32.2 Å². The molecule has 2 aliphatic rings. The van der Waals surface area contributed by atoms with E-state index in [-0.39, 0.29) is 5.91 Å². The SMILES string of the molecule is CCN(C(C)=O)c1nc(CN2CC3CCCNC3C2)cs1. The van der Waals surface area contributed by atoms with E-state index in [1.165, 1.54) is 25.9 Å². The Hall–Kier alpha value is -0.980. The van der Waals surface area contributed by atoms with Crippen LogP contribution in [-0.2, 0) is 11.3 Å². The maximum atomic E-state index is 11.6. The van der Waals surface area contributed by atoms with E-state index < -0.39 is 0 Å². The van der Waals surface area contributed by atoms with Crippen molar-refractivity contribution in [1.29, 1.82) is 0 Å². The normalized spacial score (nSPS) is 25.8. The number of anilines is 1. The minimum absolute atomic E-state index is 0.0646. The van der Waals surface area contributed by atoms with E-state index in [4.69, 9.17) is 0 Å². The molecule has 1 amide bonds. The number of rotatable bonds is 4. The molecule has 1 aromatic rings. The van der Waals surface area contributed by atoms with Crippen LogP contribution in [0.5, 0.6) is 0 Å². The van der Waals surface area contributed by atoms with Gasteiger partial charge < -0.3 is 5.32 Å². The highest BCUT2D eigenvalue weighted by molar-refractivity contribution is 7.14. The summed E-state index contributed by atoms with van der Waals surface area (Å²) < 4.78 is 0. The second-order valence-corrected chi connectivity index (χ2v) is 6.88. The molecule has 2 fully saturated rings. The van der Waals surface area contributed by atoms with Gasteiger partial charge in [-0.1, -0.05) is 0 Å². The van der Waals surface area contributed by atoms with Crippen molar-refractivity contribution in [3.63, 3.8) is 0 Å². The van der Waals surface area contributed by atoms with Crippen molar-refractivity contribution >= 4 is 22.4 Å². The summed E-state index contributed by atoms with van der Waals surface area (Å²) in [5, 5.41) is 6.55. The summed E-state index contributed by atoms with van der Waals surface area (Å²) in [7, 11) is 0. The molecule has 0 bridgehead atoms. The first kappa shape index (κ1) is 14.9. The largest absolute Gasteiger partial charge is 0.312 e. The van der Waals surface area contributed by atoms with Gasteiger partial charge in [0, 0.05) is 44.5 Å². The molecule has 2 aliphatic heterocycles.